The van der Waals surface area contributed by atoms with Gasteiger partial charge in [0.15, 0.2) is 4.80 Å². The van der Waals surface area contributed by atoms with E-state index in [-0.39, 0.29) is 11.6 Å². The number of hydrogen-bond acceptors (Lipinski definition) is 6. The number of thiophene rings is 1. The fourth-order valence-electron chi connectivity index (χ4n) is 3.20. The van der Waals surface area contributed by atoms with Crippen molar-refractivity contribution in [3.05, 3.63) is 67.3 Å². The molecule has 2 heterocycles. The van der Waals surface area contributed by atoms with Gasteiger partial charge in [0.1, 0.15) is 0 Å². The minimum Gasteiger partial charge on any atom is -0.315 e. The molecule has 0 N–H and O–H groups in total. The predicted octanol–water partition coefficient (Wildman–Crippen LogP) is 5.55. The number of benzene rings is 2. The number of nitro benzene ring substituents is 1. The lowest BCUT2D eigenvalue weighted by Gasteiger charge is -2.05. The van der Waals surface area contributed by atoms with Crippen molar-refractivity contribution < 1.29 is 9.72 Å². The van der Waals surface area contributed by atoms with Gasteiger partial charge in [-0.15, -0.1) is 11.3 Å². The van der Waals surface area contributed by atoms with Crippen LogP contribution in [0.4, 0.5) is 5.69 Å². The van der Waals surface area contributed by atoms with E-state index in [1.807, 2.05) is 0 Å². The summed E-state index contributed by atoms with van der Waals surface area (Å²) in [5, 5.41) is 11.7. The van der Waals surface area contributed by atoms with Crippen molar-refractivity contribution in [3.8, 4) is 0 Å². The van der Waals surface area contributed by atoms with Gasteiger partial charge in [-0.1, -0.05) is 11.3 Å². The van der Waals surface area contributed by atoms with E-state index in [0.717, 1.165) is 27.2 Å². The van der Waals surface area contributed by atoms with Crippen molar-refractivity contribution in [2.24, 2.45) is 4.99 Å². The molecule has 0 radical (unpaired) electrons. The minimum absolute atomic E-state index is 0.0152. The molecule has 0 unspecified atom stereocenters. The van der Waals surface area contributed by atoms with Crippen LogP contribution in [0.15, 0.2) is 41.4 Å². The van der Waals surface area contributed by atoms with E-state index in [0.29, 0.717) is 15.1 Å². The first-order valence-electron chi connectivity index (χ1n) is 9.24. The fourth-order valence-corrected chi connectivity index (χ4v) is 5.62. The van der Waals surface area contributed by atoms with Crippen molar-refractivity contribution in [3.63, 3.8) is 0 Å². The van der Waals surface area contributed by atoms with Crippen molar-refractivity contribution in [1.29, 1.82) is 0 Å². The number of carbonyl (C=O) groups excluding carboxylic acids is 1. The molecule has 4 rings (SSSR count). The van der Waals surface area contributed by atoms with Gasteiger partial charge in [-0.05, 0) is 55.5 Å². The summed E-state index contributed by atoms with van der Waals surface area (Å²) < 4.78 is 4.05. The average molecular weight is 458 g/mol. The van der Waals surface area contributed by atoms with Crippen LogP contribution in [0.3, 0.4) is 0 Å². The van der Waals surface area contributed by atoms with Gasteiger partial charge in [0.05, 0.1) is 20.0 Å². The van der Waals surface area contributed by atoms with Gasteiger partial charge in [0, 0.05) is 34.5 Å². The standard InChI is InChI=1S/C21H19N3O3S3/c1-12-8-16-18(9-13(12)2)30-21(23(16)6-7-28-3)22-20(25)19-11-14-10-15(24(26)27)4-5-17(14)29-19/h4-5,8-11H,6-7H2,1-3H3. The molecule has 0 fully saturated rings. The van der Waals surface area contributed by atoms with Gasteiger partial charge < -0.3 is 4.57 Å². The summed E-state index contributed by atoms with van der Waals surface area (Å²) in [7, 11) is 0. The zero-order valence-corrected chi connectivity index (χ0v) is 19.1. The quantitative estimate of drug-likeness (QED) is 0.291. The first-order valence-corrected chi connectivity index (χ1v) is 12.3. The summed E-state index contributed by atoms with van der Waals surface area (Å²) in [5.74, 6) is 0.601. The third kappa shape index (κ3) is 3.92. The summed E-state index contributed by atoms with van der Waals surface area (Å²) >= 11 is 4.57. The highest BCUT2D eigenvalue weighted by molar-refractivity contribution is 7.98. The molecule has 30 heavy (non-hydrogen) atoms. The Kier molecular flexibility index (Phi) is 5.77. The number of non-ortho nitro benzene ring substituents is 1. The maximum atomic E-state index is 12.9. The van der Waals surface area contributed by atoms with E-state index < -0.39 is 4.92 Å². The molecule has 0 aliphatic rings. The number of carbonyl (C=O) groups is 1. The Morgan fingerprint density at radius 3 is 2.63 bits per heavy atom. The zero-order valence-electron chi connectivity index (χ0n) is 16.7. The third-order valence-corrected chi connectivity index (χ3v) is 7.67. The molecule has 2 aromatic heterocycles. The second kappa shape index (κ2) is 8.33. The molecule has 1 amide bonds. The smallest absolute Gasteiger partial charge is 0.289 e. The number of nitro groups is 1. The Balaban J connectivity index is 1.80. The largest absolute Gasteiger partial charge is 0.315 e. The predicted molar refractivity (Wildman–Crippen MR) is 126 cm³/mol. The number of thioether (sulfide) groups is 1. The molecule has 2 aromatic carbocycles. The SMILES string of the molecule is CSCCn1c(=NC(=O)c2cc3cc([N+](=O)[O-])ccc3s2)sc2cc(C)c(C)cc21. The zero-order chi connectivity index (χ0) is 21.4. The number of rotatable bonds is 5. The normalized spacial score (nSPS) is 12.2. The highest BCUT2D eigenvalue weighted by Gasteiger charge is 2.15. The lowest BCUT2D eigenvalue weighted by atomic mass is 10.1. The first-order chi connectivity index (χ1) is 14.4. The van der Waals surface area contributed by atoms with Crippen molar-refractivity contribution >= 4 is 66.3 Å². The monoisotopic (exact) mass is 457 g/mol. The Bertz CT molecular complexity index is 1360. The number of thiazole rings is 1. The maximum Gasteiger partial charge on any atom is 0.289 e. The van der Waals surface area contributed by atoms with Gasteiger partial charge in [0.25, 0.3) is 11.6 Å². The Morgan fingerprint density at radius 1 is 1.13 bits per heavy atom. The Labute approximate surface area is 185 Å². The number of hydrogen-bond donors (Lipinski definition) is 0. The maximum absolute atomic E-state index is 12.9. The van der Waals surface area contributed by atoms with Crippen molar-refractivity contribution in [2.45, 2.75) is 20.4 Å². The second-order valence-corrected chi connectivity index (χ2v) is 10.0. The first kappa shape index (κ1) is 20.8. The molecule has 154 valence electrons. The second-order valence-electron chi connectivity index (χ2n) is 6.94. The van der Waals surface area contributed by atoms with Crippen LogP contribution in [0, 0.1) is 24.0 Å². The molecule has 0 saturated heterocycles. The fraction of sp³-hybridized carbons (Fsp3) is 0.238. The van der Waals surface area contributed by atoms with Crippen LogP contribution in [-0.2, 0) is 6.54 Å². The number of amides is 1. The van der Waals surface area contributed by atoms with Gasteiger partial charge >= 0.3 is 0 Å². The summed E-state index contributed by atoms with van der Waals surface area (Å²) in [4.78, 5) is 29.1. The van der Waals surface area contributed by atoms with E-state index in [4.69, 9.17) is 0 Å². The molecule has 0 aliphatic heterocycles. The van der Waals surface area contributed by atoms with Crippen molar-refractivity contribution in [2.75, 3.05) is 12.0 Å². The molecule has 0 aliphatic carbocycles. The van der Waals surface area contributed by atoms with E-state index in [1.165, 1.54) is 45.9 Å². The number of nitrogens with zero attached hydrogens (tertiary/aromatic N) is 3. The average Bonchev–Trinajstić information content (AvgIpc) is 3.27. The van der Waals surface area contributed by atoms with Gasteiger partial charge in [0.2, 0.25) is 0 Å². The number of fused-ring (bicyclic) bond motifs is 2. The molecular weight excluding hydrogens is 438 g/mol. The molecule has 0 atom stereocenters. The molecular formula is C21H19N3O3S3. The number of aromatic nitrogens is 1. The van der Waals surface area contributed by atoms with Crippen LogP contribution in [-0.4, -0.2) is 27.4 Å². The third-order valence-electron chi connectivity index (χ3n) is 4.94. The summed E-state index contributed by atoms with van der Waals surface area (Å²) in [6.45, 7) is 4.94. The van der Waals surface area contributed by atoms with E-state index in [2.05, 4.69) is 41.8 Å². The van der Waals surface area contributed by atoms with Crippen LogP contribution in [0.5, 0.6) is 0 Å². The van der Waals surface area contributed by atoms with Gasteiger partial charge in [-0.2, -0.15) is 16.8 Å². The van der Waals surface area contributed by atoms with E-state index >= 15 is 0 Å². The van der Waals surface area contributed by atoms with Crippen LogP contribution >= 0.6 is 34.4 Å². The highest BCUT2D eigenvalue weighted by Crippen LogP contribution is 2.29. The van der Waals surface area contributed by atoms with Gasteiger partial charge in [-0.25, -0.2) is 0 Å². The summed E-state index contributed by atoms with van der Waals surface area (Å²) in [6, 6.07) is 10.6. The highest BCUT2D eigenvalue weighted by atomic mass is 32.2. The molecule has 0 saturated carbocycles. The van der Waals surface area contributed by atoms with Crippen LogP contribution < -0.4 is 4.80 Å². The molecule has 0 spiro atoms. The topological polar surface area (TPSA) is 77.5 Å². The number of aryl methyl sites for hydroxylation is 3. The summed E-state index contributed by atoms with van der Waals surface area (Å²) in [6.07, 6.45) is 2.06. The van der Waals surface area contributed by atoms with Crippen LogP contribution in [0.1, 0.15) is 20.8 Å². The molecule has 0 bridgehead atoms. The molecule has 4 aromatic rings. The van der Waals surface area contributed by atoms with Crippen LogP contribution in [0.2, 0.25) is 0 Å². The molecule has 9 heteroatoms. The lowest BCUT2D eigenvalue weighted by molar-refractivity contribution is -0.384. The van der Waals surface area contributed by atoms with Gasteiger partial charge in [-0.3, -0.25) is 14.9 Å². The van der Waals surface area contributed by atoms with Crippen molar-refractivity contribution in [1.82, 2.24) is 4.57 Å². The Hall–Kier alpha value is -2.49. The minimum atomic E-state index is -0.432. The van der Waals surface area contributed by atoms with E-state index in [1.54, 1.807) is 23.9 Å². The van der Waals surface area contributed by atoms with E-state index in [9.17, 15) is 14.9 Å². The van der Waals surface area contributed by atoms with Crippen LogP contribution in [0.25, 0.3) is 20.3 Å². The Morgan fingerprint density at radius 2 is 1.90 bits per heavy atom. The summed E-state index contributed by atoms with van der Waals surface area (Å²) in [5.41, 5.74) is 3.53. The molecule has 6 nitrogen and oxygen atoms in total. The lowest BCUT2D eigenvalue weighted by Crippen LogP contribution is -2.18.